The number of aliphatic hydroxyl groups is 1. The lowest BCUT2D eigenvalue weighted by Crippen LogP contribution is -2.45. The minimum Gasteiger partial charge on any atom is -0.391 e. The fraction of sp³-hybridized carbons (Fsp3) is 0.958. The minimum absolute atomic E-state index is 0. The summed E-state index contributed by atoms with van der Waals surface area (Å²) in [5.41, 5.74) is 0. The van der Waals surface area contributed by atoms with Crippen LogP contribution >= 0.6 is 12.4 Å². The first kappa shape index (κ1) is 28.7. The SMILES string of the molecule is CCCCNC(=O)C(CC(O)C(CC1CCCCC1)NCCC(C)C)C(C)C.Cl. The average molecular weight is 433 g/mol. The molecule has 1 amide bonds. The maximum Gasteiger partial charge on any atom is 0.223 e. The number of carbonyl (C=O) groups is 1. The molecule has 3 N–H and O–H groups in total. The monoisotopic (exact) mass is 432 g/mol. The van der Waals surface area contributed by atoms with Gasteiger partial charge in [0.25, 0.3) is 0 Å². The molecule has 5 heteroatoms. The van der Waals surface area contributed by atoms with Gasteiger partial charge in [-0.1, -0.05) is 73.1 Å². The normalized spacial score (nSPS) is 18.3. The van der Waals surface area contributed by atoms with Crippen molar-refractivity contribution in [3.63, 3.8) is 0 Å². The summed E-state index contributed by atoms with van der Waals surface area (Å²) in [5.74, 6) is 1.61. The zero-order chi connectivity index (χ0) is 20.9. The van der Waals surface area contributed by atoms with E-state index in [0.29, 0.717) is 12.3 Å². The molecule has 0 saturated heterocycles. The highest BCUT2D eigenvalue weighted by atomic mass is 35.5. The molecule has 0 radical (unpaired) electrons. The number of amides is 1. The first-order valence-corrected chi connectivity index (χ1v) is 12.0. The summed E-state index contributed by atoms with van der Waals surface area (Å²) in [6.45, 7) is 12.5. The Bertz CT molecular complexity index is 412. The van der Waals surface area contributed by atoms with Gasteiger partial charge < -0.3 is 15.7 Å². The van der Waals surface area contributed by atoms with Crippen molar-refractivity contribution in [3.8, 4) is 0 Å². The largest absolute Gasteiger partial charge is 0.391 e. The van der Waals surface area contributed by atoms with E-state index in [1.54, 1.807) is 0 Å². The molecule has 0 aromatic rings. The third-order valence-electron chi connectivity index (χ3n) is 6.37. The lowest BCUT2D eigenvalue weighted by molar-refractivity contribution is -0.127. The maximum atomic E-state index is 12.7. The van der Waals surface area contributed by atoms with E-state index in [9.17, 15) is 9.90 Å². The Morgan fingerprint density at radius 3 is 2.28 bits per heavy atom. The predicted molar refractivity (Wildman–Crippen MR) is 127 cm³/mol. The van der Waals surface area contributed by atoms with E-state index in [1.165, 1.54) is 32.1 Å². The molecule has 0 aromatic carbocycles. The van der Waals surface area contributed by atoms with Crippen molar-refractivity contribution in [3.05, 3.63) is 0 Å². The van der Waals surface area contributed by atoms with Gasteiger partial charge >= 0.3 is 0 Å². The molecule has 0 heterocycles. The fourth-order valence-electron chi connectivity index (χ4n) is 4.34. The van der Waals surface area contributed by atoms with Gasteiger partial charge in [-0.15, -0.1) is 12.4 Å². The second-order valence-electron chi connectivity index (χ2n) is 9.78. The van der Waals surface area contributed by atoms with Gasteiger partial charge in [-0.2, -0.15) is 0 Å². The van der Waals surface area contributed by atoms with Crippen molar-refractivity contribution in [1.82, 2.24) is 10.6 Å². The van der Waals surface area contributed by atoms with Gasteiger partial charge in [-0.05, 0) is 50.0 Å². The van der Waals surface area contributed by atoms with Crippen LogP contribution in [-0.2, 0) is 4.79 Å². The van der Waals surface area contributed by atoms with Crippen molar-refractivity contribution in [2.45, 2.75) is 111 Å². The van der Waals surface area contributed by atoms with Gasteiger partial charge in [0.1, 0.15) is 0 Å². The molecule has 0 spiro atoms. The molecule has 29 heavy (non-hydrogen) atoms. The molecular weight excluding hydrogens is 384 g/mol. The molecule has 174 valence electrons. The highest BCUT2D eigenvalue weighted by Crippen LogP contribution is 2.29. The van der Waals surface area contributed by atoms with Crippen LogP contribution in [0.3, 0.4) is 0 Å². The molecule has 4 nitrogen and oxygen atoms in total. The number of nitrogens with one attached hydrogen (secondary N) is 2. The number of hydrogen-bond acceptors (Lipinski definition) is 3. The van der Waals surface area contributed by atoms with Crippen LogP contribution in [0.2, 0.25) is 0 Å². The van der Waals surface area contributed by atoms with Crippen LogP contribution in [0, 0.1) is 23.7 Å². The molecule has 0 aliphatic heterocycles. The van der Waals surface area contributed by atoms with E-state index < -0.39 is 6.10 Å². The van der Waals surface area contributed by atoms with E-state index in [4.69, 9.17) is 0 Å². The molecule has 0 aromatic heterocycles. The Morgan fingerprint density at radius 2 is 1.72 bits per heavy atom. The Morgan fingerprint density at radius 1 is 1.07 bits per heavy atom. The topological polar surface area (TPSA) is 61.4 Å². The van der Waals surface area contributed by atoms with Crippen LogP contribution in [0.25, 0.3) is 0 Å². The van der Waals surface area contributed by atoms with E-state index in [2.05, 4.69) is 45.3 Å². The van der Waals surface area contributed by atoms with Crippen LogP contribution in [0.15, 0.2) is 0 Å². The summed E-state index contributed by atoms with van der Waals surface area (Å²) in [4.78, 5) is 12.7. The van der Waals surface area contributed by atoms with E-state index in [0.717, 1.165) is 44.7 Å². The third-order valence-corrected chi connectivity index (χ3v) is 6.37. The van der Waals surface area contributed by atoms with Crippen LogP contribution in [0.4, 0.5) is 0 Å². The first-order chi connectivity index (χ1) is 13.3. The summed E-state index contributed by atoms with van der Waals surface area (Å²) < 4.78 is 0. The predicted octanol–water partition coefficient (Wildman–Crippen LogP) is 5.32. The van der Waals surface area contributed by atoms with Crippen molar-refractivity contribution in [1.29, 1.82) is 0 Å². The van der Waals surface area contributed by atoms with Gasteiger partial charge in [0.05, 0.1) is 6.10 Å². The van der Waals surface area contributed by atoms with E-state index in [-0.39, 0.29) is 36.2 Å². The second kappa shape index (κ2) is 16.4. The van der Waals surface area contributed by atoms with Crippen molar-refractivity contribution < 1.29 is 9.90 Å². The highest BCUT2D eigenvalue weighted by Gasteiger charge is 2.30. The zero-order valence-corrected chi connectivity index (χ0v) is 20.5. The van der Waals surface area contributed by atoms with Crippen LogP contribution in [-0.4, -0.2) is 36.2 Å². The summed E-state index contributed by atoms with van der Waals surface area (Å²) in [5, 5.41) is 17.8. The van der Waals surface area contributed by atoms with Crippen LogP contribution in [0.5, 0.6) is 0 Å². The lowest BCUT2D eigenvalue weighted by atomic mass is 9.81. The minimum atomic E-state index is -0.460. The molecule has 1 aliphatic rings. The van der Waals surface area contributed by atoms with Crippen LogP contribution < -0.4 is 10.6 Å². The van der Waals surface area contributed by atoms with Gasteiger partial charge in [0.15, 0.2) is 0 Å². The van der Waals surface area contributed by atoms with Crippen molar-refractivity contribution in [2.75, 3.05) is 13.1 Å². The molecule has 1 rings (SSSR count). The number of aliphatic hydroxyl groups excluding tert-OH is 1. The highest BCUT2D eigenvalue weighted by molar-refractivity contribution is 5.85. The quantitative estimate of drug-likeness (QED) is 0.325. The second-order valence-corrected chi connectivity index (χ2v) is 9.78. The summed E-state index contributed by atoms with van der Waals surface area (Å²) in [6.07, 6.45) is 11.0. The summed E-state index contributed by atoms with van der Waals surface area (Å²) in [6, 6.07) is 0.103. The Balaban J connectivity index is 0.00000784. The average Bonchev–Trinajstić information content (AvgIpc) is 2.65. The molecular formula is C24H49ClN2O2. The van der Waals surface area contributed by atoms with Gasteiger partial charge in [0, 0.05) is 18.5 Å². The molecule has 1 saturated carbocycles. The Labute approximate surface area is 186 Å². The van der Waals surface area contributed by atoms with E-state index >= 15 is 0 Å². The fourth-order valence-corrected chi connectivity index (χ4v) is 4.34. The zero-order valence-electron chi connectivity index (χ0n) is 19.7. The number of unbranched alkanes of at least 4 members (excludes halogenated alkanes) is 1. The number of hydrogen-bond donors (Lipinski definition) is 3. The van der Waals surface area contributed by atoms with Crippen molar-refractivity contribution >= 4 is 18.3 Å². The molecule has 3 atom stereocenters. The maximum absolute atomic E-state index is 12.7. The Kier molecular flexibility index (Phi) is 16.2. The number of rotatable bonds is 14. The van der Waals surface area contributed by atoms with Gasteiger partial charge in [-0.25, -0.2) is 0 Å². The molecule has 1 aliphatic carbocycles. The lowest BCUT2D eigenvalue weighted by Gasteiger charge is -2.32. The molecule has 0 bridgehead atoms. The van der Waals surface area contributed by atoms with E-state index in [1.807, 2.05) is 0 Å². The third kappa shape index (κ3) is 12.2. The molecule has 1 fully saturated rings. The summed E-state index contributed by atoms with van der Waals surface area (Å²) in [7, 11) is 0. The van der Waals surface area contributed by atoms with Gasteiger partial charge in [0.2, 0.25) is 5.91 Å². The summed E-state index contributed by atoms with van der Waals surface area (Å²) >= 11 is 0. The standard InChI is InChI=1S/C24H48N2O2.ClH/c1-6-7-14-26-24(28)21(19(4)5)17-23(27)22(25-15-13-18(2)3)16-20-11-9-8-10-12-20;/h18-23,25,27H,6-17H2,1-5H3,(H,26,28);1H. The number of carbonyl (C=O) groups excluding carboxylic acids is 1. The molecule has 3 unspecified atom stereocenters. The number of halogens is 1. The smallest absolute Gasteiger partial charge is 0.223 e. The van der Waals surface area contributed by atoms with Gasteiger partial charge in [-0.3, -0.25) is 4.79 Å². The van der Waals surface area contributed by atoms with Crippen molar-refractivity contribution in [2.24, 2.45) is 23.7 Å². The van der Waals surface area contributed by atoms with Crippen LogP contribution in [0.1, 0.15) is 98.8 Å². The Hall–Kier alpha value is -0.320. The first-order valence-electron chi connectivity index (χ1n) is 12.0.